The number of nitrogens with zero attached hydrogens (tertiary/aromatic N) is 2. The molecule has 0 aliphatic carbocycles. The average Bonchev–Trinajstić information content (AvgIpc) is 3.23. The maximum Gasteiger partial charge on any atom is 0.213 e. The molecule has 0 saturated carbocycles. The minimum Gasteiger partial charge on any atom is -0.488 e. The molecule has 1 saturated heterocycles. The molecule has 162 valence electrons. The van der Waals surface area contributed by atoms with Gasteiger partial charge in [0.05, 0.1) is 19.3 Å². The summed E-state index contributed by atoms with van der Waals surface area (Å²) in [6, 6.07) is 10.2. The van der Waals surface area contributed by atoms with Gasteiger partial charge in [0, 0.05) is 44.4 Å². The van der Waals surface area contributed by atoms with Crippen LogP contribution in [0.3, 0.4) is 0 Å². The van der Waals surface area contributed by atoms with Crippen molar-refractivity contribution in [1.82, 2.24) is 15.6 Å². The van der Waals surface area contributed by atoms with Gasteiger partial charge >= 0.3 is 0 Å². The summed E-state index contributed by atoms with van der Waals surface area (Å²) in [6.07, 6.45) is 2.98. The van der Waals surface area contributed by atoms with Gasteiger partial charge in [-0.05, 0) is 38.0 Å². The Bertz CT molecular complexity index is 831. The maximum absolute atomic E-state index is 6.18. The zero-order valence-electron chi connectivity index (χ0n) is 18.3. The third-order valence-corrected chi connectivity index (χ3v) is 4.69. The van der Waals surface area contributed by atoms with E-state index < -0.39 is 0 Å². The van der Waals surface area contributed by atoms with Crippen LogP contribution in [0.2, 0.25) is 0 Å². The number of hydrogen-bond acceptors (Lipinski definition) is 5. The zero-order valence-corrected chi connectivity index (χ0v) is 18.3. The van der Waals surface area contributed by atoms with Gasteiger partial charge in [0.25, 0.3) is 0 Å². The van der Waals surface area contributed by atoms with E-state index in [1.807, 2.05) is 32.2 Å². The topological polar surface area (TPSA) is 77.0 Å². The van der Waals surface area contributed by atoms with Crippen molar-refractivity contribution in [2.45, 2.75) is 52.5 Å². The first-order valence-corrected chi connectivity index (χ1v) is 10.4. The average molecular weight is 413 g/mol. The van der Waals surface area contributed by atoms with Gasteiger partial charge in [-0.25, -0.2) is 4.98 Å². The van der Waals surface area contributed by atoms with E-state index in [4.69, 9.17) is 14.2 Å². The Morgan fingerprint density at radius 2 is 2.07 bits per heavy atom. The molecular formula is C23H32N4O3. The molecule has 7 heteroatoms. The predicted octanol–water partition coefficient (Wildman–Crippen LogP) is 3.21. The van der Waals surface area contributed by atoms with E-state index in [2.05, 4.69) is 45.7 Å². The number of aryl methyl sites for hydroxylation is 1. The van der Waals surface area contributed by atoms with Gasteiger partial charge in [0.2, 0.25) is 5.88 Å². The summed E-state index contributed by atoms with van der Waals surface area (Å²) in [4.78, 5) is 8.65. The van der Waals surface area contributed by atoms with Crippen LogP contribution in [0.1, 0.15) is 37.0 Å². The first kappa shape index (κ1) is 21.9. The summed E-state index contributed by atoms with van der Waals surface area (Å²) in [5.74, 6) is 2.25. The number of aromatic nitrogens is 1. The molecule has 1 aliphatic heterocycles. The van der Waals surface area contributed by atoms with Crippen molar-refractivity contribution in [3.63, 3.8) is 0 Å². The van der Waals surface area contributed by atoms with Crippen LogP contribution >= 0.6 is 0 Å². The van der Waals surface area contributed by atoms with E-state index in [0.717, 1.165) is 29.9 Å². The third kappa shape index (κ3) is 6.62. The second-order valence-electron chi connectivity index (χ2n) is 7.67. The first-order valence-electron chi connectivity index (χ1n) is 10.4. The number of hydrogen-bond donors (Lipinski definition) is 2. The number of guanidine groups is 1. The molecule has 2 heterocycles. The SMILES string of the molecule is CN=C(NCc1ccc(OC(C)C)nc1)NCc1ccc(C)cc1OC1CCOC1. The van der Waals surface area contributed by atoms with Crippen LogP contribution in [0.5, 0.6) is 11.6 Å². The van der Waals surface area contributed by atoms with Gasteiger partial charge < -0.3 is 24.8 Å². The lowest BCUT2D eigenvalue weighted by atomic mass is 10.1. The third-order valence-electron chi connectivity index (χ3n) is 4.69. The summed E-state index contributed by atoms with van der Waals surface area (Å²) in [5, 5.41) is 6.68. The number of rotatable bonds is 8. The van der Waals surface area contributed by atoms with E-state index in [0.29, 0.717) is 31.5 Å². The van der Waals surface area contributed by atoms with E-state index in [9.17, 15) is 0 Å². The fraction of sp³-hybridized carbons (Fsp3) is 0.478. The van der Waals surface area contributed by atoms with Crippen LogP contribution in [-0.4, -0.2) is 43.4 Å². The molecule has 0 radical (unpaired) electrons. The van der Waals surface area contributed by atoms with Crippen molar-refractivity contribution in [1.29, 1.82) is 0 Å². The van der Waals surface area contributed by atoms with Gasteiger partial charge in [-0.2, -0.15) is 0 Å². The number of ether oxygens (including phenoxy) is 3. The lowest BCUT2D eigenvalue weighted by molar-refractivity contribution is 0.140. The molecule has 1 unspecified atom stereocenters. The number of benzene rings is 1. The molecule has 7 nitrogen and oxygen atoms in total. The smallest absolute Gasteiger partial charge is 0.213 e. The standard InChI is InChI=1S/C23H32N4O3/c1-16(2)29-22-8-6-18(12-25-22)13-26-23(24-4)27-14-19-7-5-17(3)11-21(19)30-20-9-10-28-15-20/h5-8,11-12,16,20H,9-10,13-15H2,1-4H3,(H2,24,26,27). The second-order valence-corrected chi connectivity index (χ2v) is 7.67. The Balaban J connectivity index is 1.54. The van der Waals surface area contributed by atoms with Crippen LogP contribution in [-0.2, 0) is 17.8 Å². The summed E-state index contributed by atoms with van der Waals surface area (Å²) < 4.78 is 17.2. The molecule has 2 aromatic rings. The number of nitrogens with one attached hydrogen (secondary N) is 2. The Kier molecular flexibility index (Phi) is 7.90. The Labute approximate surface area is 178 Å². The first-order chi connectivity index (χ1) is 14.5. The highest BCUT2D eigenvalue weighted by Gasteiger charge is 2.18. The van der Waals surface area contributed by atoms with E-state index >= 15 is 0 Å². The van der Waals surface area contributed by atoms with Crippen molar-refractivity contribution in [2.75, 3.05) is 20.3 Å². The monoisotopic (exact) mass is 412 g/mol. The minimum atomic E-state index is 0.112. The van der Waals surface area contributed by atoms with Crippen LogP contribution in [0.4, 0.5) is 0 Å². The quantitative estimate of drug-likeness (QED) is 0.512. The fourth-order valence-corrected chi connectivity index (χ4v) is 3.11. The van der Waals surface area contributed by atoms with Crippen molar-refractivity contribution in [3.05, 3.63) is 53.2 Å². The molecule has 1 fully saturated rings. The molecule has 0 bridgehead atoms. The highest BCUT2D eigenvalue weighted by atomic mass is 16.5. The van der Waals surface area contributed by atoms with E-state index in [1.165, 1.54) is 5.56 Å². The zero-order chi connectivity index (χ0) is 21.3. The Morgan fingerprint density at radius 3 is 2.73 bits per heavy atom. The van der Waals surface area contributed by atoms with Crippen molar-refractivity contribution in [2.24, 2.45) is 4.99 Å². The predicted molar refractivity (Wildman–Crippen MR) is 118 cm³/mol. The van der Waals surface area contributed by atoms with E-state index in [1.54, 1.807) is 7.05 Å². The minimum absolute atomic E-state index is 0.112. The molecule has 3 rings (SSSR count). The summed E-state index contributed by atoms with van der Waals surface area (Å²) in [6.45, 7) is 8.69. The largest absolute Gasteiger partial charge is 0.488 e. The van der Waals surface area contributed by atoms with Gasteiger partial charge in [0.1, 0.15) is 11.9 Å². The number of pyridine rings is 1. The van der Waals surface area contributed by atoms with Gasteiger partial charge in [-0.1, -0.05) is 18.2 Å². The summed E-state index contributed by atoms with van der Waals surface area (Å²) >= 11 is 0. The molecule has 1 aliphatic rings. The molecule has 1 aromatic heterocycles. The maximum atomic E-state index is 6.18. The van der Waals surface area contributed by atoms with Gasteiger partial charge in [-0.3, -0.25) is 4.99 Å². The molecule has 0 amide bonds. The van der Waals surface area contributed by atoms with Gasteiger partial charge in [0.15, 0.2) is 5.96 Å². The molecule has 1 aromatic carbocycles. The Morgan fingerprint density at radius 1 is 1.23 bits per heavy atom. The molecular weight excluding hydrogens is 380 g/mol. The molecule has 1 atom stereocenters. The summed E-state index contributed by atoms with van der Waals surface area (Å²) in [7, 11) is 1.76. The van der Waals surface area contributed by atoms with Crippen molar-refractivity contribution in [3.8, 4) is 11.6 Å². The van der Waals surface area contributed by atoms with Crippen LogP contribution in [0.25, 0.3) is 0 Å². The van der Waals surface area contributed by atoms with Crippen LogP contribution in [0, 0.1) is 6.92 Å². The number of aliphatic imine (C=N–C) groups is 1. The lowest BCUT2D eigenvalue weighted by Gasteiger charge is -2.18. The molecule has 0 spiro atoms. The van der Waals surface area contributed by atoms with E-state index in [-0.39, 0.29) is 12.2 Å². The Hall–Kier alpha value is -2.80. The molecule has 2 N–H and O–H groups in total. The second kappa shape index (κ2) is 10.8. The summed E-state index contributed by atoms with van der Waals surface area (Å²) in [5.41, 5.74) is 3.31. The van der Waals surface area contributed by atoms with Crippen LogP contribution < -0.4 is 20.1 Å². The van der Waals surface area contributed by atoms with Crippen LogP contribution in [0.15, 0.2) is 41.5 Å². The highest BCUT2D eigenvalue weighted by Crippen LogP contribution is 2.23. The van der Waals surface area contributed by atoms with Crippen molar-refractivity contribution >= 4 is 5.96 Å². The van der Waals surface area contributed by atoms with Crippen molar-refractivity contribution < 1.29 is 14.2 Å². The normalized spacial score (nSPS) is 16.6. The molecule has 30 heavy (non-hydrogen) atoms. The van der Waals surface area contributed by atoms with Gasteiger partial charge in [-0.15, -0.1) is 0 Å². The fourth-order valence-electron chi connectivity index (χ4n) is 3.11. The lowest BCUT2D eigenvalue weighted by Crippen LogP contribution is -2.36. The highest BCUT2D eigenvalue weighted by molar-refractivity contribution is 5.79.